The van der Waals surface area contributed by atoms with Gasteiger partial charge in [-0.1, -0.05) is 6.58 Å². The minimum absolute atomic E-state index is 0.151. The molecule has 0 radical (unpaired) electrons. The second-order valence-electron chi connectivity index (χ2n) is 7.77. The van der Waals surface area contributed by atoms with Crippen molar-refractivity contribution in [2.75, 3.05) is 13.2 Å². The third kappa shape index (κ3) is 3.25. The first-order valence-corrected chi connectivity index (χ1v) is 8.98. The second-order valence-corrected chi connectivity index (χ2v) is 7.77. The smallest absolute Gasteiger partial charge is 0.330 e. The van der Waals surface area contributed by atoms with Gasteiger partial charge in [0.2, 0.25) is 0 Å². The molecule has 0 aromatic heterocycles. The minimum Gasteiger partial charge on any atom is -0.456 e. The van der Waals surface area contributed by atoms with Crippen LogP contribution in [-0.4, -0.2) is 55.0 Å². The van der Waals surface area contributed by atoms with E-state index in [-0.39, 0.29) is 11.7 Å². The van der Waals surface area contributed by atoms with Crippen LogP contribution in [-0.2, 0) is 23.7 Å². The van der Waals surface area contributed by atoms with Gasteiger partial charge in [0.15, 0.2) is 6.29 Å². The van der Waals surface area contributed by atoms with Crippen molar-refractivity contribution in [1.29, 1.82) is 0 Å². The number of aliphatic hydroxyl groups is 1. The molecule has 6 nitrogen and oxygen atoms in total. The first kappa shape index (κ1) is 16.5. The van der Waals surface area contributed by atoms with E-state index < -0.39 is 18.2 Å². The van der Waals surface area contributed by atoms with Crippen molar-refractivity contribution in [3.8, 4) is 0 Å². The Morgan fingerprint density at radius 2 is 2.00 bits per heavy atom. The van der Waals surface area contributed by atoms with E-state index in [4.69, 9.17) is 18.9 Å². The molecular weight excluding hydrogens is 312 g/mol. The molecule has 4 rings (SSSR count). The van der Waals surface area contributed by atoms with E-state index in [9.17, 15) is 9.90 Å². The lowest BCUT2D eigenvalue weighted by molar-refractivity contribution is -0.267. The van der Waals surface area contributed by atoms with Crippen LogP contribution >= 0.6 is 0 Å². The van der Waals surface area contributed by atoms with Crippen LogP contribution < -0.4 is 0 Å². The van der Waals surface area contributed by atoms with Crippen molar-refractivity contribution in [3.63, 3.8) is 0 Å². The van der Waals surface area contributed by atoms with Crippen molar-refractivity contribution in [1.82, 2.24) is 0 Å². The number of rotatable bonds is 3. The Hall–Kier alpha value is -0.950. The average Bonchev–Trinajstić information content (AvgIpc) is 3.37. The molecule has 0 amide bonds. The van der Waals surface area contributed by atoms with Gasteiger partial charge in [-0.2, -0.15) is 0 Å². The maximum atomic E-state index is 11.5. The van der Waals surface area contributed by atoms with E-state index in [1.54, 1.807) is 0 Å². The molecule has 2 saturated heterocycles. The summed E-state index contributed by atoms with van der Waals surface area (Å²) in [4.78, 5) is 11.5. The normalized spacial score (nSPS) is 47.7. The predicted molar refractivity (Wildman–Crippen MR) is 84.1 cm³/mol. The van der Waals surface area contributed by atoms with Gasteiger partial charge >= 0.3 is 5.97 Å². The number of carbonyl (C=O) groups excluding carboxylic acids is 1. The fourth-order valence-corrected chi connectivity index (χ4v) is 4.45. The number of hydrogen-bond acceptors (Lipinski definition) is 6. The standard InChI is InChI=1S/C18H26O6/c1-2-16(20)24-15-8-18(6-5-12(15)19)9-21-17(22-10-18)11-3-4-13-14(7-11)23-13/h2,11-15,17,19H,1,3-10H2. The molecule has 0 aromatic carbocycles. The monoisotopic (exact) mass is 338 g/mol. The zero-order valence-electron chi connectivity index (χ0n) is 13.9. The Bertz CT molecular complexity index is 498. The highest BCUT2D eigenvalue weighted by molar-refractivity contribution is 5.81. The molecule has 5 atom stereocenters. The van der Waals surface area contributed by atoms with Crippen LogP contribution in [0.1, 0.15) is 38.5 Å². The maximum Gasteiger partial charge on any atom is 0.330 e. The minimum atomic E-state index is -0.625. The van der Waals surface area contributed by atoms with Gasteiger partial charge in [0.1, 0.15) is 6.10 Å². The first-order valence-electron chi connectivity index (χ1n) is 8.98. The number of carbonyl (C=O) groups is 1. The summed E-state index contributed by atoms with van der Waals surface area (Å²) in [6.07, 6.45) is 5.95. The largest absolute Gasteiger partial charge is 0.456 e. The average molecular weight is 338 g/mol. The fourth-order valence-electron chi connectivity index (χ4n) is 4.45. The Labute approximate surface area is 142 Å². The molecule has 0 bridgehead atoms. The third-order valence-corrected chi connectivity index (χ3v) is 6.01. The summed E-state index contributed by atoms with van der Waals surface area (Å²) < 4.78 is 23.0. The number of fused-ring (bicyclic) bond motifs is 1. The van der Waals surface area contributed by atoms with Crippen molar-refractivity contribution in [2.24, 2.45) is 11.3 Å². The van der Waals surface area contributed by atoms with Gasteiger partial charge in [-0.15, -0.1) is 0 Å². The van der Waals surface area contributed by atoms with E-state index in [1.807, 2.05) is 0 Å². The molecule has 0 aromatic rings. The van der Waals surface area contributed by atoms with Crippen LogP contribution in [0.4, 0.5) is 0 Å². The zero-order valence-corrected chi connectivity index (χ0v) is 13.9. The molecular formula is C18H26O6. The van der Waals surface area contributed by atoms with Gasteiger partial charge in [-0.25, -0.2) is 4.79 Å². The van der Waals surface area contributed by atoms with Crippen molar-refractivity contribution in [2.45, 2.75) is 69.2 Å². The number of ether oxygens (including phenoxy) is 4. The number of esters is 1. The third-order valence-electron chi connectivity index (χ3n) is 6.01. The van der Waals surface area contributed by atoms with E-state index in [2.05, 4.69) is 6.58 Å². The summed E-state index contributed by atoms with van der Waals surface area (Å²) in [5.74, 6) is -0.0810. The van der Waals surface area contributed by atoms with E-state index in [0.29, 0.717) is 44.2 Å². The Kier molecular flexibility index (Phi) is 4.41. The highest BCUT2D eigenvalue weighted by atomic mass is 16.7. The van der Waals surface area contributed by atoms with Crippen molar-refractivity contribution < 1.29 is 28.8 Å². The first-order chi connectivity index (χ1) is 11.6. The fraction of sp³-hybridized carbons (Fsp3) is 0.833. The molecule has 4 fully saturated rings. The van der Waals surface area contributed by atoms with Gasteiger partial charge in [0, 0.05) is 17.4 Å². The Morgan fingerprint density at radius 1 is 1.21 bits per heavy atom. The van der Waals surface area contributed by atoms with Crippen LogP contribution in [0, 0.1) is 11.3 Å². The molecule has 2 heterocycles. The van der Waals surface area contributed by atoms with Crippen LogP contribution in [0.5, 0.6) is 0 Å². The molecule has 6 heteroatoms. The Morgan fingerprint density at radius 3 is 2.71 bits per heavy atom. The highest BCUT2D eigenvalue weighted by Crippen LogP contribution is 2.45. The quantitative estimate of drug-likeness (QED) is 0.478. The summed E-state index contributed by atoms with van der Waals surface area (Å²) in [6.45, 7) is 4.60. The van der Waals surface area contributed by atoms with Crippen molar-refractivity contribution in [3.05, 3.63) is 12.7 Å². The summed E-state index contributed by atoms with van der Waals surface area (Å²) in [6, 6.07) is 0. The molecule has 2 aliphatic heterocycles. The molecule has 134 valence electrons. The van der Waals surface area contributed by atoms with Gasteiger partial charge in [0.25, 0.3) is 0 Å². The van der Waals surface area contributed by atoms with Gasteiger partial charge in [-0.3, -0.25) is 0 Å². The molecule has 2 aliphatic carbocycles. The summed E-state index contributed by atoms with van der Waals surface area (Å²) in [5, 5.41) is 10.1. The van der Waals surface area contributed by atoms with Crippen LogP contribution in [0.15, 0.2) is 12.7 Å². The zero-order chi connectivity index (χ0) is 16.7. The maximum absolute atomic E-state index is 11.5. The summed E-state index contributed by atoms with van der Waals surface area (Å²) >= 11 is 0. The molecule has 5 unspecified atom stereocenters. The summed E-state index contributed by atoms with van der Waals surface area (Å²) in [5.41, 5.74) is -0.171. The lowest BCUT2D eigenvalue weighted by Gasteiger charge is -2.47. The predicted octanol–water partition coefficient (Wildman–Crippen LogP) is 1.56. The van der Waals surface area contributed by atoms with Crippen LogP contribution in [0.2, 0.25) is 0 Å². The molecule has 24 heavy (non-hydrogen) atoms. The van der Waals surface area contributed by atoms with Gasteiger partial charge < -0.3 is 24.1 Å². The van der Waals surface area contributed by atoms with Crippen LogP contribution in [0.25, 0.3) is 0 Å². The summed E-state index contributed by atoms with van der Waals surface area (Å²) in [7, 11) is 0. The van der Waals surface area contributed by atoms with E-state index >= 15 is 0 Å². The number of epoxide rings is 1. The molecule has 4 aliphatic rings. The highest BCUT2D eigenvalue weighted by Gasteiger charge is 2.50. The van der Waals surface area contributed by atoms with Gasteiger partial charge in [0.05, 0.1) is 31.5 Å². The van der Waals surface area contributed by atoms with E-state index in [0.717, 1.165) is 31.8 Å². The number of aliphatic hydroxyl groups excluding tert-OH is 1. The number of hydrogen-bond donors (Lipinski definition) is 1. The SMILES string of the molecule is C=CC(=O)OC1CC2(CCC1O)COC(C1CCC3OC3C1)OC2. The van der Waals surface area contributed by atoms with Crippen LogP contribution in [0.3, 0.4) is 0 Å². The van der Waals surface area contributed by atoms with Gasteiger partial charge in [-0.05, 0) is 38.5 Å². The lowest BCUT2D eigenvalue weighted by Crippen LogP contribution is -2.51. The topological polar surface area (TPSA) is 77.5 Å². The molecule has 1 N–H and O–H groups in total. The van der Waals surface area contributed by atoms with Crippen molar-refractivity contribution >= 4 is 5.97 Å². The lowest BCUT2D eigenvalue weighted by atomic mass is 9.72. The second kappa shape index (κ2) is 6.41. The van der Waals surface area contributed by atoms with E-state index in [1.165, 1.54) is 0 Å². The molecule has 1 spiro atoms. The molecule has 2 saturated carbocycles. The Balaban J connectivity index is 1.33.